The van der Waals surface area contributed by atoms with Crippen molar-refractivity contribution in [1.29, 1.82) is 0 Å². The van der Waals surface area contributed by atoms with Crippen LogP contribution in [-0.2, 0) is 15.9 Å². The first-order valence-corrected chi connectivity index (χ1v) is 9.48. The summed E-state index contributed by atoms with van der Waals surface area (Å²) >= 11 is 0. The SMILES string of the molecule is C[C@@H]1CN(Cc2ccc(B3OC(C)(C)C(C)(C)O3)cc2)C[C@H](C)N1C. The number of nitrogens with zero attached hydrogens (tertiary/aromatic N) is 2. The second-order valence-corrected chi connectivity index (χ2v) is 8.89. The Bertz CT molecular complexity index is 574. The van der Waals surface area contributed by atoms with E-state index in [0.29, 0.717) is 12.1 Å². The van der Waals surface area contributed by atoms with Crippen LogP contribution in [0.4, 0.5) is 0 Å². The summed E-state index contributed by atoms with van der Waals surface area (Å²) in [6.07, 6.45) is 0. The molecule has 5 heteroatoms. The standard InChI is InChI=1S/C20H33BN2O2/c1-15-12-23(13-16(2)22(15)7)14-17-8-10-18(11-9-17)21-24-19(3,4)20(5,6)25-21/h8-11,15-16H,12-14H2,1-7H3/t15-,16+. The molecule has 1 aromatic carbocycles. The van der Waals surface area contributed by atoms with E-state index in [-0.39, 0.29) is 18.3 Å². The fraction of sp³-hybridized carbons (Fsp3) is 0.700. The minimum atomic E-state index is -0.289. The van der Waals surface area contributed by atoms with Crippen molar-refractivity contribution >= 4 is 12.6 Å². The molecule has 0 unspecified atom stereocenters. The molecule has 0 saturated carbocycles. The Morgan fingerprint density at radius 2 is 1.44 bits per heavy atom. The second-order valence-electron chi connectivity index (χ2n) is 8.89. The van der Waals surface area contributed by atoms with Gasteiger partial charge in [-0.1, -0.05) is 24.3 Å². The highest BCUT2D eigenvalue weighted by molar-refractivity contribution is 6.62. The minimum Gasteiger partial charge on any atom is -0.399 e. The molecule has 2 aliphatic heterocycles. The van der Waals surface area contributed by atoms with E-state index in [9.17, 15) is 0 Å². The first-order chi connectivity index (χ1) is 11.6. The lowest BCUT2D eigenvalue weighted by molar-refractivity contribution is 0.00578. The van der Waals surface area contributed by atoms with Crippen LogP contribution in [0.5, 0.6) is 0 Å². The third kappa shape index (κ3) is 3.80. The highest BCUT2D eigenvalue weighted by atomic mass is 16.7. The third-order valence-corrected chi connectivity index (χ3v) is 6.35. The summed E-state index contributed by atoms with van der Waals surface area (Å²) < 4.78 is 12.3. The van der Waals surface area contributed by atoms with Gasteiger partial charge in [0.15, 0.2) is 0 Å². The van der Waals surface area contributed by atoms with Gasteiger partial charge in [0.2, 0.25) is 0 Å². The average Bonchev–Trinajstić information content (AvgIpc) is 2.74. The van der Waals surface area contributed by atoms with Crippen molar-refractivity contribution in [3.63, 3.8) is 0 Å². The molecular weight excluding hydrogens is 311 g/mol. The summed E-state index contributed by atoms with van der Waals surface area (Å²) in [4.78, 5) is 5.02. The van der Waals surface area contributed by atoms with Crippen LogP contribution in [0.1, 0.15) is 47.1 Å². The molecule has 25 heavy (non-hydrogen) atoms. The molecule has 2 heterocycles. The number of hydrogen-bond acceptors (Lipinski definition) is 4. The Balaban J connectivity index is 1.64. The molecular formula is C20H33BN2O2. The smallest absolute Gasteiger partial charge is 0.399 e. The lowest BCUT2D eigenvalue weighted by Crippen LogP contribution is -2.54. The van der Waals surface area contributed by atoms with E-state index in [1.807, 2.05) is 0 Å². The summed E-state index contributed by atoms with van der Waals surface area (Å²) in [6, 6.07) is 9.95. The van der Waals surface area contributed by atoms with Gasteiger partial charge in [0.05, 0.1) is 11.2 Å². The van der Waals surface area contributed by atoms with Gasteiger partial charge >= 0.3 is 7.12 Å². The molecule has 3 rings (SSSR count). The van der Waals surface area contributed by atoms with Gasteiger partial charge in [-0.3, -0.25) is 9.80 Å². The molecule has 0 N–H and O–H groups in total. The molecule has 0 aliphatic carbocycles. The molecule has 0 bridgehead atoms. The van der Waals surface area contributed by atoms with E-state index in [1.165, 1.54) is 5.56 Å². The van der Waals surface area contributed by atoms with Crippen LogP contribution in [0.25, 0.3) is 0 Å². The van der Waals surface area contributed by atoms with Crippen LogP contribution in [-0.4, -0.2) is 60.3 Å². The lowest BCUT2D eigenvalue weighted by atomic mass is 9.79. The number of likely N-dealkylation sites (N-methyl/N-ethyl adjacent to an activating group) is 1. The fourth-order valence-corrected chi connectivity index (χ4v) is 3.66. The maximum Gasteiger partial charge on any atom is 0.494 e. The van der Waals surface area contributed by atoms with Crippen molar-refractivity contribution in [1.82, 2.24) is 9.80 Å². The Kier molecular flexibility index (Phi) is 5.06. The number of rotatable bonds is 3. The van der Waals surface area contributed by atoms with Crippen LogP contribution in [0.15, 0.2) is 24.3 Å². The predicted octanol–water partition coefficient (Wildman–Crippen LogP) is 2.51. The molecule has 0 radical (unpaired) electrons. The molecule has 0 spiro atoms. The Morgan fingerprint density at radius 3 is 1.92 bits per heavy atom. The van der Waals surface area contributed by atoms with Crippen LogP contribution in [0, 0.1) is 0 Å². The van der Waals surface area contributed by atoms with Crippen molar-refractivity contribution in [2.75, 3.05) is 20.1 Å². The second kappa shape index (κ2) is 6.69. The zero-order valence-electron chi connectivity index (χ0n) is 16.9. The zero-order valence-corrected chi connectivity index (χ0v) is 16.9. The van der Waals surface area contributed by atoms with Crippen LogP contribution in [0.2, 0.25) is 0 Å². The van der Waals surface area contributed by atoms with E-state index >= 15 is 0 Å². The quantitative estimate of drug-likeness (QED) is 0.787. The molecule has 0 amide bonds. The number of piperazine rings is 1. The van der Waals surface area contributed by atoms with Gasteiger partial charge in [-0.05, 0) is 59.6 Å². The summed E-state index contributed by atoms with van der Waals surface area (Å²) in [7, 11) is 1.95. The monoisotopic (exact) mass is 344 g/mol. The van der Waals surface area contributed by atoms with Gasteiger partial charge in [0, 0.05) is 31.7 Å². The van der Waals surface area contributed by atoms with Crippen LogP contribution >= 0.6 is 0 Å². The summed E-state index contributed by atoms with van der Waals surface area (Å²) in [5.41, 5.74) is 1.87. The van der Waals surface area contributed by atoms with Crippen molar-refractivity contribution < 1.29 is 9.31 Å². The van der Waals surface area contributed by atoms with E-state index in [2.05, 4.69) is 82.7 Å². The van der Waals surface area contributed by atoms with Crippen molar-refractivity contribution in [2.24, 2.45) is 0 Å². The Labute approximate surface area is 153 Å². The molecule has 0 aromatic heterocycles. The number of benzene rings is 1. The van der Waals surface area contributed by atoms with Gasteiger partial charge in [-0.25, -0.2) is 0 Å². The van der Waals surface area contributed by atoms with E-state index in [0.717, 1.165) is 25.1 Å². The van der Waals surface area contributed by atoms with Crippen LogP contribution in [0.3, 0.4) is 0 Å². The van der Waals surface area contributed by atoms with E-state index < -0.39 is 0 Å². The largest absolute Gasteiger partial charge is 0.494 e. The van der Waals surface area contributed by atoms with Gasteiger partial charge < -0.3 is 9.31 Å². The first-order valence-electron chi connectivity index (χ1n) is 9.48. The minimum absolute atomic E-state index is 0.275. The lowest BCUT2D eigenvalue weighted by Gasteiger charge is -2.42. The third-order valence-electron chi connectivity index (χ3n) is 6.35. The summed E-state index contributed by atoms with van der Waals surface area (Å²) in [5.74, 6) is 0. The molecule has 4 nitrogen and oxygen atoms in total. The van der Waals surface area contributed by atoms with Gasteiger partial charge in [-0.15, -0.1) is 0 Å². The maximum atomic E-state index is 6.14. The van der Waals surface area contributed by atoms with E-state index in [1.54, 1.807) is 0 Å². The molecule has 1 aromatic rings. The number of hydrogen-bond donors (Lipinski definition) is 0. The molecule has 2 saturated heterocycles. The van der Waals surface area contributed by atoms with Crippen molar-refractivity contribution in [3.8, 4) is 0 Å². The Morgan fingerprint density at radius 1 is 0.960 bits per heavy atom. The van der Waals surface area contributed by atoms with E-state index in [4.69, 9.17) is 9.31 Å². The maximum absolute atomic E-state index is 6.14. The molecule has 2 fully saturated rings. The zero-order chi connectivity index (χ0) is 18.4. The van der Waals surface area contributed by atoms with Gasteiger partial charge in [-0.2, -0.15) is 0 Å². The first kappa shape index (κ1) is 18.9. The summed E-state index contributed by atoms with van der Waals surface area (Å²) in [5, 5.41) is 0. The Hall–Kier alpha value is -0.875. The molecule has 138 valence electrons. The molecule has 2 aliphatic rings. The highest BCUT2D eigenvalue weighted by Crippen LogP contribution is 2.36. The van der Waals surface area contributed by atoms with Crippen molar-refractivity contribution in [2.45, 2.75) is 71.4 Å². The van der Waals surface area contributed by atoms with Crippen molar-refractivity contribution in [3.05, 3.63) is 29.8 Å². The normalized spacial score (nSPS) is 30.0. The fourth-order valence-electron chi connectivity index (χ4n) is 3.66. The predicted molar refractivity (Wildman–Crippen MR) is 104 cm³/mol. The highest BCUT2D eigenvalue weighted by Gasteiger charge is 2.51. The van der Waals surface area contributed by atoms with Crippen LogP contribution < -0.4 is 5.46 Å². The van der Waals surface area contributed by atoms with Gasteiger partial charge in [0.1, 0.15) is 0 Å². The summed E-state index contributed by atoms with van der Waals surface area (Å²) in [6.45, 7) is 16.3. The van der Waals surface area contributed by atoms with Gasteiger partial charge in [0.25, 0.3) is 0 Å². The average molecular weight is 344 g/mol. The molecule has 2 atom stereocenters. The topological polar surface area (TPSA) is 24.9 Å².